The number of ether oxygens (including phenoxy) is 1. The summed E-state index contributed by atoms with van der Waals surface area (Å²) >= 11 is 0. The van der Waals surface area contributed by atoms with Crippen LogP contribution in [-0.4, -0.2) is 49.4 Å². The van der Waals surface area contributed by atoms with Crippen molar-refractivity contribution in [2.45, 2.75) is 66.0 Å². The number of allylic oxidation sites excluding steroid dienone is 2. The fourth-order valence-corrected chi connectivity index (χ4v) is 4.47. The highest BCUT2D eigenvalue weighted by Crippen LogP contribution is 2.37. The highest BCUT2D eigenvalue weighted by atomic mass is 19.3. The van der Waals surface area contributed by atoms with E-state index in [4.69, 9.17) is 9.15 Å². The van der Waals surface area contributed by atoms with Crippen molar-refractivity contribution < 1.29 is 32.2 Å². The Hall–Kier alpha value is -3.60. The van der Waals surface area contributed by atoms with Crippen molar-refractivity contribution >= 4 is 17.0 Å². The number of aryl methyl sites for hydroxylation is 1. The van der Waals surface area contributed by atoms with E-state index in [1.165, 1.54) is 31.1 Å². The summed E-state index contributed by atoms with van der Waals surface area (Å²) in [4.78, 5) is 26.9. The first-order valence-electron chi connectivity index (χ1n) is 11.8. The number of aliphatic hydroxyl groups is 1. The molecule has 3 aromatic rings. The molecular weight excluding hydrogens is 489 g/mol. The molecule has 2 aromatic heterocycles. The number of benzene rings is 1. The third-order valence-corrected chi connectivity index (χ3v) is 6.12. The Morgan fingerprint density at radius 3 is 2.62 bits per heavy atom. The molecule has 3 heterocycles. The topological polar surface area (TPSA) is 104 Å². The molecule has 1 atom stereocenters. The summed E-state index contributed by atoms with van der Waals surface area (Å²) in [5.41, 5.74) is 0.294. The number of aromatic nitrogens is 3. The van der Waals surface area contributed by atoms with Gasteiger partial charge in [0.05, 0.1) is 12.0 Å². The van der Waals surface area contributed by atoms with E-state index in [1.807, 2.05) is 0 Å². The number of nitrogens with zero attached hydrogens (tertiary/aromatic N) is 3. The summed E-state index contributed by atoms with van der Waals surface area (Å²) < 4.78 is 53.9. The van der Waals surface area contributed by atoms with Crippen molar-refractivity contribution in [3.05, 3.63) is 69.8 Å². The fourth-order valence-electron chi connectivity index (χ4n) is 4.47. The molecule has 198 valence electrons. The summed E-state index contributed by atoms with van der Waals surface area (Å²) in [6, 6.07) is 1.92. The Morgan fingerprint density at radius 2 is 2.00 bits per heavy atom. The number of rotatable bonds is 6. The fraction of sp³-hybridized carbons (Fsp3) is 0.423. The molecule has 0 spiro atoms. The Labute approximate surface area is 211 Å². The zero-order valence-electron chi connectivity index (χ0n) is 21.4. The lowest BCUT2D eigenvalue weighted by molar-refractivity contribution is -0.133. The molecule has 1 aliphatic rings. The number of carbonyl (C=O) groups excluding carboxylic acids is 1. The summed E-state index contributed by atoms with van der Waals surface area (Å²) in [7, 11) is 0. The molecule has 2 N–H and O–H groups in total. The molecule has 37 heavy (non-hydrogen) atoms. The highest BCUT2D eigenvalue weighted by molar-refractivity contribution is 5.93. The summed E-state index contributed by atoms with van der Waals surface area (Å²) in [5.74, 6) is -2.13. The number of fused-ring (bicyclic) bond motifs is 2. The molecule has 8 nitrogen and oxygen atoms in total. The van der Waals surface area contributed by atoms with E-state index in [1.54, 1.807) is 26.8 Å². The molecule has 1 aromatic carbocycles. The average Bonchev–Trinajstić information content (AvgIpc) is 3.44. The molecule has 4 rings (SSSR count). The zero-order chi connectivity index (χ0) is 27.2. The molecule has 0 aliphatic carbocycles. The van der Waals surface area contributed by atoms with Gasteiger partial charge in [0.1, 0.15) is 16.9 Å². The van der Waals surface area contributed by atoms with Crippen LogP contribution in [0, 0.1) is 12.7 Å². The van der Waals surface area contributed by atoms with E-state index < -0.39 is 41.1 Å². The Morgan fingerprint density at radius 1 is 1.30 bits per heavy atom. The van der Waals surface area contributed by atoms with E-state index in [-0.39, 0.29) is 29.3 Å². The van der Waals surface area contributed by atoms with Crippen molar-refractivity contribution in [1.29, 1.82) is 0 Å². The van der Waals surface area contributed by atoms with Crippen LogP contribution in [0.3, 0.4) is 0 Å². The minimum atomic E-state index is -3.00. The van der Waals surface area contributed by atoms with Gasteiger partial charge in [-0.05, 0) is 64.8 Å². The van der Waals surface area contributed by atoms with Crippen LogP contribution in [0.25, 0.3) is 11.1 Å². The summed E-state index contributed by atoms with van der Waals surface area (Å²) in [6.07, 6.45) is -1.19. The molecule has 0 bridgehead atoms. The first kappa shape index (κ1) is 26.5. The van der Waals surface area contributed by atoms with Crippen LogP contribution >= 0.6 is 0 Å². The number of imidazole rings is 1. The monoisotopic (exact) mass is 518 g/mol. The average molecular weight is 519 g/mol. The number of hydrogen-bond acceptors (Lipinski definition) is 6. The van der Waals surface area contributed by atoms with Gasteiger partial charge in [-0.2, -0.15) is 0 Å². The minimum absolute atomic E-state index is 0.0140. The second kappa shape index (κ2) is 9.70. The smallest absolute Gasteiger partial charge is 0.290 e. The minimum Gasteiger partial charge on any atom is -0.453 e. The number of carbonyl (C=O) groups is 1. The van der Waals surface area contributed by atoms with Gasteiger partial charge in [-0.25, -0.2) is 23.1 Å². The maximum Gasteiger partial charge on any atom is 0.290 e. The number of aromatic amines is 1. The van der Waals surface area contributed by atoms with Crippen LogP contribution in [0.2, 0.25) is 0 Å². The molecule has 11 heteroatoms. The van der Waals surface area contributed by atoms with Crippen molar-refractivity contribution in [3.63, 3.8) is 0 Å². The van der Waals surface area contributed by atoms with Gasteiger partial charge in [-0.3, -0.25) is 4.79 Å². The molecule has 0 unspecified atom stereocenters. The van der Waals surface area contributed by atoms with Gasteiger partial charge >= 0.3 is 0 Å². The van der Waals surface area contributed by atoms with Gasteiger partial charge in [0.25, 0.3) is 12.3 Å². The van der Waals surface area contributed by atoms with E-state index in [0.29, 0.717) is 28.9 Å². The number of oxazole rings is 1. The molecule has 0 saturated heterocycles. The lowest BCUT2D eigenvalue weighted by Gasteiger charge is -2.34. The van der Waals surface area contributed by atoms with E-state index in [2.05, 4.69) is 15.0 Å². The van der Waals surface area contributed by atoms with Gasteiger partial charge in [0, 0.05) is 24.2 Å². The van der Waals surface area contributed by atoms with Gasteiger partial charge in [0.2, 0.25) is 5.89 Å². The first-order chi connectivity index (χ1) is 17.3. The van der Waals surface area contributed by atoms with Crippen molar-refractivity contribution in [3.8, 4) is 0 Å². The predicted octanol–water partition coefficient (Wildman–Crippen LogP) is 5.09. The summed E-state index contributed by atoms with van der Waals surface area (Å²) in [6.45, 7) is 9.05. The third-order valence-electron chi connectivity index (χ3n) is 6.12. The van der Waals surface area contributed by atoms with Crippen LogP contribution in [0.4, 0.5) is 13.2 Å². The number of halogens is 3. The standard InChI is InChI=1S/C26H29F3N4O4/c1-12(2)22(26(5,6)35)36-20(14(4)23(28)29)25(34)33-8-7-16-18(31-11-30-16)19(33)24-32-17-10-13(3)9-15(27)21(17)37-24/h9-11,19,23,35H,7-8H2,1-6H3,(H,30,31)/b20-14+/t19-/m0/s1. The van der Waals surface area contributed by atoms with Crippen LogP contribution in [0.1, 0.15) is 63.5 Å². The second-order valence-corrected chi connectivity index (χ2v) is 9.87. The molecular formula is C26H29F3N4O4. The quantitative estimate of drug-likeness (QED) is 0.348. The SMILES string of the molecule is CC(C)=C(O/C(C(=O)N1CCc2[nH]cnc2[C@H]1c1nc2cc(C)cc(F)c2o1)=C(\C)C(F)F)C(C)(C)O. The number of H-pyrrole nitrogens is 1. The Bertz CT molecular complexity index is 1410. The third kappa shape index (κ3) is 5.00. The van der Waals surface area contributed by atoms with Crippen LogP contribution in [-0.2, 0) is 16.0 Å². The first-order valence-corrected chi connectivity index (χ1v) is 11.8. The maximum absolute atomic E-state index is 14.6. The lowest BCUT2D eigenvalue weighted by Crippen LogP contribution is -2.43. The largest absolute Gasteiger partial charge is 0.453 e. The second-order valence-electron chi connectivity index (χ2n) is 9.87. The van der Waals surface area contributed by atoms with Gasteiger partial charge in [0.15, 0.2) is 23.2 Å². The van der Waals surface area contributed by atoms with E-state index in [9.17, 15) is 23.1 Å². The van der Waals surface area contributed by atoms with Crippen LogP contribution < -0.4 is 0 Å². The molecule has 1 amide bonds. The number of alkyl halides is 2. The molecule has 0 radical (unpaired) electrons. The van der Waals surface area contributed by atoms with Crippen molar-refractivity contribution in [1.82, 2.24) is 19.9 Å². The Kier molecular flexibility index (Phi) is 6.93. The Balaban J connectivity index is 1.85. The summed E-state index contributed by atoms with van der Waals surface area (Å²) in [5, 5.41) is 10.6. The van der Waals surface area contributed by atoms with Crippen LogP contribution in [0.15, 0.2) is 45.5 Å². The van der Waals surface area contributed by atoms with Gasteiger partial charge in [-0.15, -0.1) is 0 Å². The van der Waals surface area contributed by atoms with E-state index in [0.717, 1.165) is 6.92 Å². The molecule has 0 saturated carbocycles. The predicted molar refractivity (Wildman–Crippen MR) is 129 cm³/mol. The molecule has 1 aliphatic heterocycles. The lowest BCUT2D eigenvalue weighted by atomic mass is 10.0. The van der Waals surface area contributed by atoms with Crippen molar-refractivity contribution in [2.24, 2.45) is 0 Å². The van der Waals surface area contributed by atoms with Gasteiger partial charge < -0.3 is 24.1 Å². The normalized spacial score (nSPS) is 16.6. The van der Waals surface area contributed by atoms with E-state index >= 15 is 0 Å². The number of hydrogen-bond donors (Lipinski definition) is 2. The zero-order valence-corrected chi connectivity index (χ0v) is 21.4. The van der Waals surface area contributed by atoms with Crippen molar-refractivity contribution in [2.75, 3.05) is 6.54 Å². The maximum atomic E-state index is 14.6. The number of amides is 1. The van der Waals surface area contributed by atoms with Crippen LogP contribution in [0.5, 0.6) is 0 Å². The number of nitrogens with one attached hydrogen (secondary N) is 1. The molecule has 0 fully saturated rings. The van der Waals surface area contributed by atoms with Gasteiger partial charge in [-0.1, -0.05) is 0 Å². The highest BCUT2D eigenvalue weighted by Gasteiger charge is 2.41.